The van der Waals surface area contributed by atoms with Gasteiger partial charge < -0.3 is 15.2 Å². The third-order valence-electron chi connectivity index (χ3n) is 2.23. The van der Waals surface area contributed by atoms with Gasteiger partial charge in [-0.25, -0.2) is 0 Å². The monoisotopic (exact) mass is 203 g/mol. The Morgan fingerprint density at radius 2 is 2.14 bits per heavy atom. The molecule has 0 bridgehead atoms. The predicted octanol–water partition coefficient (Wildman–Crippen LogP) is 0.689. The van der Waals surface area contributed by atoms with Gasteiger partial charge in [0.1, 0.15) is 5.60 Å². The lowest BCUT2D eigenvalue weighted by atomic mass is 10.1. The van der Waals surface area contributed by atoms with Crippen molar-refractivity contribution >= 4 is 5.91 Å². The Hall–Kier alpha value is -0.610. The second-order valence-corrected chi connectivity index (χ2v) is 3.95. The quantitative estimate of drug-likeness (QED) is 0.667. The molecule has 0 aromatic rings. The molecule has 0 spiro atoms. The molecular weight excluding hydrogens is 182 g/mol. The van der Waals surface area contributed by atoms with Gasteiger partial charge in [0.15, 0.2) is 0 Å². The molecule has 0 rings (SSSR count). The summed E-state index contributed by atoms with van der Waals surface area (Å²) in [6.45, 7) is 5.52. The summed E-state index contributed by atoms with van der Waals surface area (Å²) in [5, 5.41) is 11.4. The van der Waals surface area contributed by atoms with E-state index in [0.717, 1.165) is 6.42 Å². The van der Waals surface area contributed by atoms with Gasteiger partial charge in [0.05, 0.1) is 0 Å². The number of aliphatic hydroxyl groups is 1. The molecule has 1 unspecified atom stereocenters. The molecule has 0 fully saturated rings. The average Bonchev–Trinajstić information content (AvgIpc) is 2.14. The average molecular weight is 203 g/mol. The Morgan fingerprint density at radius 1 is 1.57 bits per heavy atom. The van der Waals surface area contributed by atoms with E-state index in [4.69, 9.17) is 9.84 Å². The van der Waals surface area contributed by atoms with E-state index >= 15 is 0 Å². The highest BCUT2D eigenvalue weighted by Gasteiger charge is 2.27. The molecule has 0 aliphatic carbocycles. The summed E-state index contributed by atoms with van der Waals surface area (Å²) in [7, 11) is 1.51. The molecule has 14 heavy (non-hydrogen) atoms. The van der Waals surface area contributed by atoms with Crippen molar-refractivity contribution < 1.29 is 14.6 Å². The molecule has 0 aromatic carbocycles. The molecule has 4 heteroatoms. The van der Waals surface area contributed by atoms with E-state index in [2.05, 4.69) is 5.32 Å². The Labute approximate surface area is 85.6 Å². The van der Waals surface area contributed by atoms with E-state index in [0.29, 0.717) is 6.42 Å². The lowest BCUT2D eigenvalue weighted by Crippen LogP contribution is -2.47. The second kappa shape index (κ2) is 5.98. The number of carbonyl (C=O) groups is 1. The summed E-state index contributed by atoms with van der Waals surface area (Å²) in [5.41, 5.74) is -0.784. The standard InChI is InChI=1S/C10H21NO3/c1-8(6-5-7-12)11-9(13)10(2,3)14-4/h8,12H,5-7H2,1-4H3,(H,11,13). The molecule has 0 saturated carbocycles. The number of nitrogens with one attached hydrogen (secondary N) is 1. The Bertz CT molecular complexity index is 180. The number of aliphatic hydroxyl groups excluding tert-OH is 1. The van der Waals surface area contributed by atoms with Crippen LogP contribution in [0.5, 0.6) is 0 Å². The van der Waals surface area contributed by atoms with Crippen LogP contribution in [-0.4, -0.2) is 36.4 Å². The van der Waals surface area contributed by atoms with Gasteiger partial charge in [0.2, 0.25) is 0 Å². The van der Waals surface area contributed by atoms with Gasteiger partial charge in [-0.2, -0.15) is 0 Å². The van der Waals surface area contributed by atoms with E-state index in [9.17, 15) is 4.79 Å². The fraction of sp³-hybridized carbons (Fsp3) is 0.900. The van der Waals surface area contributed by atoms with E-state index in [1.54, 1.807) is 13.8 Å². The fourth-order valence-corrected chi connectivity index (χ4v) is 0.960. The van der Waals surface area contributed by atoms with Gasteiger partial charge in [0.25, 0.3) is 5.91 Å². The molecule has 4 nitrogen and oxygen atoms in total. The first-order chi connectivity index (χ1) is 6.44. The zero-order chi connectivity index (χ0) is 11.2. The van der Waals surface area contributed by atoms with Crippen LogP contribution < -0.4 is 5.32 Å². The maximum Gasteiger partial charge on any atom is 0.251 e. The number of carbonyl (C=O) groups excluding carboxylic acids is 1. The first-order valence-electron chi connectivity index (χ1n) is 4.91. The van der Waals surface area contributed by atoms with Crippen LogP contribution in [0.25, 0.3) is 0 Å². The lowest BCUT2D eigenvalue weighted by Gasteiger charge is -2.24. The number of hydrogen-bond donors (Lipinski definition) is 2. The summed E-state index contributed by atoms with van der Waals surface area (Å²) < 4.78 is 5.04. The highest BCUT2D eigenvalue weighted by atomic mass is 16.5. The zero-order valence-corrected chi connectivity index (χ0v) is 9.46. The number of methoxy groups -OCH3 is 1. The first-order valence-corrected chi connectivity index (χ1v) is 4.91. The molecule has 1 atom stereocenters. The van der Waals surface area contributed by atoms with Crippen molar-refractivity contribution in [2.75, 3.05) is 13.7 Å². The summed E-state index contributed by atoms with van der Waals surface area (Å²) in [4.78, 5) is 11.6. The third kappa shape index (κ3) is 4.58. The SMILES string of the molecule is COC(C)(C)C(=O)NC(C)CCCO. The van der Waals surface area contributed by atoms with Gasteiger partial charge >= 0.3 is 0 Å². The minimum Gasteiger partial charge on any atom is -0.396 e. The van der Waals surface area contributed by atoms with Crippen molar-refractivity contribution in [1.29, 1.82) is 0 Å². The molecule has 0 aliphatic heterocycles. The molecule has 2 N–H and O–H groups in total. The third-order valence-corrected chi connectivity index (χ3v) is 2.23. The highest BCUT2D eigenvalue weighted by Crippen LogP contribution is 2.08. The summed E-state index contributed by atoms with van der Waals surface area (Å²) in [6.07, 6.45) is 1.48. The smallest absolute Gasteiger partial charge is 0.251 e. The zero-order valence-electron chi connectivity index (χ0n) is 9.46. The van der Waals surface area contributed by atoms with E-state index in [1.807, 2.05) is 6.92 Å². The molecule has 0 heterocycles. The molecule has 0 saturated heterocycles. The minimum absolute atomic E-state index is 0.0732. The van der Waals surface area contributed by atoms with Crippen LogP contribution in [0, 0.1) is 0 Å². The Morgan fingerprint density at radius 3 is 2.57 bits per heavy atom. The highest BCUT2D eigenvalue weighted by molar-refractivity contribution is 5.84. The molecule has 0 radical (unpaired) electrons. The van der Waals surface area contributed by atoms with Gasteiger partial charge in [-0.15, -0.1) is 0 Å². The normalized spacial score (nSPS) is 13.8. The lowest BCUT2D eigenvalue weighted by molar-refractivity contribution is -0.140. The molecule has 1 amide bonds. The van der Waals surface area contributed by atoms with Crippen molar-refractivity contribution in [2.24, 2.45) is 0 Å². The van der Waals surface area contributed by atoms with Crippen molar-refractivity contribution in [1.82, 2.24) is 5.32 Å². The molecule has 0 aliphatic rings. The van der Waals surface area contributed by atoms with Crippen molar-refractivity contribution in [2.45, 2.75) is 45.3 Å². The molecule has 0 aromatic heterocycles. The minimum atomic E-state index is -0.784. The van der Waals surface area contributed by atoms with Gasteiger partial charge in [0, 0.05) is 19.8 Å². The van der Waals surface area contributed by atoms with Gasteiger partial charge in [-0.3, -0.25) is 4.79 Å². The first kappa shape index (κ1) is 13.4. The van der Waals surface area contributed by atoms with E-state index in [-0.39, 0.29) is 18.6 Å². The topological polar surface area (TPSA) is 58.6 Å². The molecule has 84 valence electrons. The fourth-order valence-electron chi connectivity index (χ4n) is 0.960. The van der Waals surface area contributed by atoms with Gasteiger partial charge in [-0.05, 0) is 33.6 Å². The maximum atomic E-state index is 11.6. The second-order valence-electron chi connectivity index (χ2n) is 3.95. The van der Waals surface area contributed by atoms with E-state index in [1.165, 1.54) is 7.11 Å². The van der Waals surface area contributed by atoms with Crippen LogP contribution >= 0.6 is 0 Å². The van der Waals surface area contributed by atoms with E-state index < -0.39 is 5.60 Å². The Kier molecular flexibility index (Phi) is 5.72. The van der Waals surface area contributed by atoms with Crippen LogP contribution in [0.4, 0.5) is 0 Å². The summed E-state index contributed by atoms with van der Waals surface area (Å²) >= 11 is 0. The number of rotatable bonds is 6. The predicted molar refractivity (Wildman–Crippen MR) is 55.0 cm³/mol. The number of amides is 1. The van der Waals surface area contributed by atoms with Crippen molar-refractivity contribution in [3.8, 4) is 0 Å². The van der Waals surface area contributed by atoms with Crippen LogP contribution in [0.3, 0.4) is 0 Å². The van der Waals surface area contributed by atoms with Crippen molar-refractivity contribution in [3.63, 3.8) is 0 Å². The van der Waals surface area contributed by atoms with Crippen LogP contribution in [0.2, 0.25) is 0 Å². The number of hydrogen-bond acceptors (Lipinski definition) is 3. The Balaban J connectivity index is 3.93. The van der Waals surface area contributed by atoms with Crippen molar-refractivity contribution in [3.05, 3.63) is 0 Å². The largest absolute Gasteiger partial charge is 0.396 e. The van der Waals surface area contributed by atoms with Crippen LogP contribution in [-0.2, 0) is 9.53 Å². The van der Waals surface area contributed by atoms with Crippen LogP contribution in [0.15, 0.2) is 0 Å². The summed E-state index contributed by atoms with van der Waals surface area (Å²) in [6, 6.07) is 0.0732. The summed E-state index contributed by atoms with van der Waals surface area (Å²) in [5.74, 6) is -0.120. The van der Waals surface area contributed by atoms with Crippen LogP contribution in [0.1, 0.15) is 33.6 Å². The molecular formula is C10H21NO3. The maximum absolute atomic E-state index is 11.6. The number of ether oxygens (including phenoxy) is 1. The van der Waals surface area contributed by atoms with Gasteiger partial charge in [-0.1, -0.05) is 0 Å².